The van der Waals surface area contributed by atoms with Crippen molar-refractivity contribution < 1.29 is 14.3 Å². The van der Waals surface area contributed by atoms with Gasteiger partial charge in [0.05, 0.1) is 5.92 Å². The van der Waals surface area contributed by atoms with E-state index in [9.17, 15) is 14.3 Å². The zero-order chi connectivity index (χ0) is 13.8. The summed E-state index contributed by atoms with van der Waals surface area (Å²) in [6, 6.07) is 6.42. The number of carbonyl (C=O) groups is 1. The van der Waals surface area contributed by atoms with Gasteiger partial charge in [-0.2, -0.15) is 0 Å². The molecule has 19 heavy (non-hydrogen) atoms. The minimum Gasteiger partial charge on any atom is -0.481 e. The molecular formula is C15H19FO2S. The highest BCUT2D eigenvalue weighted by Gasteiger charge is 2.35. The predicted octanol–water partition coefficient (Wildman–Crippen LogP) is 4.20. The zero-order valence-corrected chi connectivity index (χ0v) is 11.8. The average Bonchev–Trinajstić information content (AvgIpc) is 2.38. The lowest BCUT2D eigenvalue weighted by atomic mass is 9.80. The molecule has 2 nitrogen and oxygen atoms in total. The first-order valence-corrected chi connectivity index (χ1v) is 7.63. The monoisotopic (exact) mass is 282 g/mol. The minimum absolute atomic E-state index is 0.0537. The number of hydrogen-bond donors (Lipinski definition) is 1. The van der Waals surface area contributed by atoms with Crippen LogP contribution in [0.4, 0.5) is 4.39 Å². The van der Waals surface area contributed by atoms with Crippen LogP contribution in [0.3, 0.4) is 0 Å². The van der Waals surface area contributed by atoms with Crippen molar-refractivity contribution >= 4 is 17.7 Å². The molecule has 0 aromatic heterocycles. The molecule has 1 aromatic carbocycles. The van der Waals surface area contributed by atoms with E-state index < -0.39 is 5.97 Å². The van der Waals surface area contributed by atoms with E-state index in [2.05, 4.69) is 6.92 Å². The van der Waals surface area contributed by atoms with Gasteiger partial charge in [0.15, 0.2) is 0 Å². The molecule has 0 amide bonds. The lowest BCUT2D eigenvalue weighted by Crippen LogP contribution is -2.32. The molecule has 0 heterocycles. The Morgan fingerprint density at radius 2 is 2.26 bits per heavy atom. The SMILES string of the molecule is CCC1CCC(C(=O)O)C(Sc2cccc(F)c2)C1. The fourth-order valence-electron chi connectivity index (χ4n) is 2.71. The smallest absolute Gasteiger partial charge is 0.307 e. The minimum atomic E-state index is -0.719. The molecule has 0 bridgehead atoms. The van der Waals surface area contributed by atoms with Crippen molar-refractivity contribution in [1.29, 1.82) is 0 Å². The normalized spacial score (nSPS) is 27.2. The fourth-order valence-corrected chi connectivity index (χ4v) is 4.18. The molecule has 1 aromatic rings. The number of carboxylic acids is 1. The molecule has 1 fully saturated rings. The number of carboxylic acid groups (broad SMARTS) is 1. The Hall–Kier alpha value is -1.03. The van der Waals surface area contributed by atoms with Gasteiger partial charge in [-0.05, 0) is 43.4 Å². The number of halogens is 1. The second-order valence-electron chi connectivity index (χ2n) is 5.15. The molecule has 104 valence electrons. The molecule has 1 aliphatic carbocycles. The second kappa shape index (κ2) is 6.42. The first-order chi connectivity index (χ1) is 9.10. The van der Waals surface area contributed by atoms with E-state index in [1.54, 1.807) is 6.07 Å². The summed E-state index contributed by atoms with van der Waals surface area (Å²) >= 11 is 1.51. The van der Waals surface area contributed by atoms with Crippen LogP contribution in [-0.2, 0) is 4.79 Å². The molecule has 4 heteroatoms. The first kappa shape index (κ1) is 14.4. The van der Waals surface area contributed by atoms with Crippen molar-refractivity contribution in [2.45, 2.75) is 42.8 Å². The Kier molecular flexibility index (Phi) is 4.86. The van der Waals surface area contributed by atoms with Crippen LogP contribution in [0.1, 0.15) is 32.6 Å². The average molecular weight is 282 g/mol. The quantitative estimate of drug-likeness (QED) is 0.899. The van der Waals surface area contributed by atoms with Crippen LogP contribution >= 0.6 is 11.8 Å². The maximum atomic E-state index is 13.2. The first-order valence-electron chi connectivity index (χ1n) is 6.75. The predicted molar refractivity (Wildman–Crippen MR) is 74.8 cm³/mol. The lowest BCUT2D eigenvalue weighted by Gasteiger charge is -2.33. The Morgan fingerprint density at radius 3 is 2.89 bits per heavy atom. The molecule has 0 spiro atoms. The van der Waals surface area contributed by atoms with Crippen molar-refractivity contribution in [1.82, 2.24) is 0 Å². The molecule has 2 rings (SSSR count). The van der Waals surface area contributed by atoms with Gasteiger partial charge in [0, 0.05) is 10.1 Å². The van der Waals surface area contributed by atoms with Crippen LogP contribution in [0, 0.1) is 17.7 Å². The summed E-state index contributed by atoms with van der Waals surface area (Å²) in [6.45, 7) is 2.15. The topological polar surface area (TPSA) is 37.3 Å². The van der Waals surface area contributed by atoms with Gasteiger partial charge in [0.1, 0.15) is 5.82 Å². The van der Waals surface area contributed by atoms with Crippen molar-refractivity contribution in [2.75, 3.05) is 0 Å². The Morgan fingerprint density at radius 1 is 1.47 bits per heavy atom. The van der Waals surface area contributed by atoms with E-state index in [0.717, 1.165) is 30.6 Å². The van der Waals surface area contributed by atoms with Gasteiger partial charge in [-0.15, -0.1) is 11.8 Å². The highest BCUT2D eigenvalue weighted by atomic mass is 32.2. The third-order valence-corrected chi connectivity index (χ3v) is 5.23. The number of benzene rings is 1. The molecule has 3 unspecified atom stereocenters. The van der Waals surface area contributed by atoms with Crippen LogP contribution < -0.4 is 0 Å². The summed E-state index contributed by atoms with van der Waals surface area (Å²) in [5.74, 6) is -0.694. The summed E-state index contributed by atoms with van der Waals surface area (Å²) in [7, 11) is 0. The summed E-state index contributed by atoms with van der Waals surface area (Å²) < 4.78 is 13.2. The van der Waals surface area contributed by atoms with Crippen molar-refractivity contribution in [3.05, 3.63) is 30.1 Å². The van der Waals surface area contributed by atoms with E-state index >= 15 is 0 Å². The van der Waals surface area contributed by atoms with E-state index in [4.69, 9.17) is 0 Å². The van der Waals surface area contributed by atoms with Crippen molar-refractivity contribution in [3.63, 3.8) is 0 Å². The molecular weight excluding hydrogens is 263 g/mol. The van der Waals surface area contributed by atoms with Crippen molar-refractivity contribution in [2.24, 2.45) is 11.8 Å². The Bertz CT molecular complexity index is 450. The van der Waals surface area contributed by atoms with E-state index in [-0.39, 0.29) is 17.0 Å². The van der Waals surface area contributed by atoms with Crippen molar-refractivity contribution in [3.8, 4) is 0 Å². The van der Waals surface area contributed by atoms with Gasteiger partial charge < -0.3 is 5.11 Å². The summed E-state index contributed by atoms with van der Waals surface area (Å²) in [5, 5.41) is 9.37. The number of rotatable bonds is 4. The van der Waals surface area contributed by atoms with Gasteiger partial charge in [0.25, 0.3) is 0 Å². The van der Waals surface area contributed by atoms with Crippen LogP contribution in [0.15, 0.2) is 29.2 Å². The fraction of sp³-hybridized carbons (Fsp3) is 0.533. The summed E-state index contributed by atoms with van der Waals surface area (Å²) in [6.07, 6.45) is 3.73. The number of aliphatic carboxylic acids is 1. The molecule has 0 aliphatic heterocycles. The largest absolute Gasteiger partial charge is 0.481 e. The number of thioether (sulfide) groups is 1. The highest BCUT2D eigenvalue weighted by molar-refractivity contribution is 8.00. The summed E-state index contributed by atoms with van der Waals surface area (Å²) in [5.41, 5.74) is 0. The van der Waals surface area contributed by atoms with E-state index in [0.29, 0.717) is 5.92 Å². The van der Waals surface area contributed by atoms with Crippen LogP contribution in [0.5, 0.6) is 0 Å². The third-order valence-electron chi connectivity index (χ3n) is 3.88. The zero-order valence-electron chi connectivity index (χ0n) is 11.0. The molecule has 3 atom stereocenters. The van der Waals surface area contributed by atoms with Gasteiger partial charge in [-0.25, -0.2) is 4.39 Å². The van der Waals surface area contributed by atoms with E-state index in [1.165, 1.54) is 23.9 Å². The summed E-state index contributed by atoms with van der Waals surface area (Å²) in [4.78, 5) is 12.2. The standard InChI is InChI=1S/C15H19FO2S/c1-2-10-6-7-13(15(17)18)14(8-10)19-12-5-3-4-11(16)9-12/h3-5,9-10,13-14H,2,6-8H2,1H3,(H,17,18). The molecule has 0 radical (unpaired) electrons. The molecule has 1 aliphatic rings. The van der Waals surface area contributed by atoms with Crippen LogP contribution in [0.2, 0.25) is 0 Å². The molecule has 1 N–H and O–H groups in total. The Balaban J connectivity index is 2.11. The number of hydrogen-bond acceptors (Lipinski definition) is 2. The molecule has 1 saturated carbocycles. The van der Waals surface area contributed by atoms with E-state index in [1.807, 2.05) is 6.07 Å². The maximum absolute atomic E-state index is 13.2. The van der Waals surface area contributed by atoms with Gasteiger partial charge in [0.2, 0.25) is 0 Å². The van der Waals surface area contributed by atoms with Crippen LogP contribution in [-0.4, -0.2) is 16.3 Å². The highest BCUT2D eigenvalue weighted by Crippen LogP contribution is 2.41. The lowest BCUT2D eigenvalue weighted by molar-refractivity contribution is -0.142. The maximum Gasteiger partial charge on any atom is 0.307 e. The van der Waals surface area contributed by atoms with Gasteiger partial charge >= 0.3 is 5.97 Å². The van der Waals surface area contributed by atoms with Crippen LogP contribution in [0.25, 0.3) is 0 Å². The third kappa shape index (κ3) is 3.72. The molecule has 0 saturated heterocycles. The second-order valence-corrected chi connectivity index (χ2v) is 6.46. The Labute approximate surface area is 117 Å². The van der Waals surface area contributed by atoms with Gasteiger partial charge in [-0.1, -0.05) is 19.4 Å². The van der Waals surface area contributed by atoms with Gasteiger partial charge in [-0.3, -0.25) is 4.79 Å².